The number of nitrogens with one attached hydrogen (secondary N) is 1. The summed E-state index contributed by atoms with van der Waals surface area (Å²) in [6.07, 6.45) is 5.61. The number of ether oxygens (including phenoxy) is 1. The molecule has 0 radical (unpaired) electrons. The Morgan fingerprint density at radius 2 is 2.18 bits per heavy atom. The first-order valence-corrected chi connectivity index (χ1v) is 10.2. The molecule has 0 aromatic carbocycles. The van der Waals surface area contributed by atoms with Gasteiger partial charge in [0.25, 0.3) is 5.91 Å². The number of anilines is 1. The number of aromatic amines is 1. The molecule has 0 aliphatic carbocycles. The van der Waals surface area contributed by atoms with Crippen LogP contribution in [0.3, 0.4) is 0 Å². The number of carbonyl (C=O) groups excluding carboxylic acids is 1. The molecule has 1 amide bonds. The maximum absolute atomic E-state index is 12.6. The predicted octanol–water partition coefficient (Wildman–Crippen LogP) is 2.82. The highest BCUT2D eigenvalue weighted by molar-refractivity contribution is 7.15. The standard InChI is InChI=1S/C20H21N5O2S/c21-18-3-1-2-14(24-18)17-10-13-16(28-17)4-9-27-20(13)5-7-25(8-6-20)19(26)15-11-22-12-23-15/h1-3,10-12H,4-9H2,(H2,21,24)(H,22,23). The van der Waals surface area contributed by atoms with Crippen LogP contribution in [0.25, 0.3) is 10.6 Å². The Hall–Kier alpha value is -2.71. The van der Waals surface area contributed by atoms with Crippen LogP contribution in [0.4, 0.5) is 5.82 Å². The molecule has 3 aromatic heterocycles. The van der Waals surface area contributed by atoms with Gasteiger partial charge < -0.3 is 20.4 Å². The Morgan fingerprint density at radius 1 is 1.32 bits per heavy atom. The van der Waals surface area contributed by atoms with Crippen LogP contribution in [0.1, 0.15) is 33.8 Å². The Balaban J connectivity index is 1.40. The van der Waals surface area contributed by atoms with Crippen LogP contribution < -0.4 is 5.73 Å². The van der Waals surface area contributed by atoms with Gasteiger partial charge in [-0.25, -0.2) is 9.97 Å². The zero-order valence-electron chi connectivity index (χ0n) is 15.4. The van der Waals surface area contributed by atoms with Gasteiger partial charge in [0.15, 0.2) is 0 Å². The third-order valence-electron chi connectivity index (χ3n) is 5.62. The molecular formula is C20H21N5O2S. The zero-order valence-corrected chi connectivity index (χ0v) is 16.2. The van der Waals surface area contributed by atoms with Crippen LogP contribution in [0.15, 0.2) is 36.8 Å². The van der Waals surface area contributed by atoms with E-state index in [-0.39, 0.29) is 11.5 Å². The van der Waals surface area contributed by atoms with E-state index in [2.05, 4.69) is 21.0 Å². The molecule has 2 aliphatic rings. The molecule has 1 saturated heterocycles. The second-order valence-electron chi connectivity index (χ2n) is 7.25. The number of likely N-dealkylation sites (tertiary alicyclic amines) is 1. The maximum atomic E-state index is 12.6. The third-order valence-corrected chi connectivity index (χ3v) is 6.83. The van der Waals surface area contributed by atoms with E-state index in [4.69, 9.17) is 10.5 Å². The minimum atomic E-state index is -0.312. The van der Waals surface area contributed by atoms with Gasteiger partial charge in [-0.15, -0.1) is 11.3 Å². The summed E-state index contributed by atoms with van der Waals surface area (Å²) >= 11 is 1.78. The molecule has 0 bridgehead atoms. The predicted molar refractivity (Wildman–Crippen MR) is 107 cm³/mol. The van der Waals surface area contributed by atoms with Crippen molar-refractivity contribution >= 4 is 23.1 Å². The summed E-state index contributed by atoms with van der Waals surface area (Å²) < 4.78 is 6.33. The van der Waals surface area contributed by atoms with Crippen molar-refractivity contribution in [1.29, 1.82) is 0 Å². The fourth-order valence-corrected chi connectivity index (χ4v) is 5.36. The van der Waals surface area contributed by atoms with E-state index < -0.39 is 0 Å². The van der Waals surface area contributed by atoms with Crippen LogP contribution in [-0.2, 0) is 16.8 Å². The number of rotatable bonds is 2. The van der Waals surface area contributed by atoms with Crippen molar-refractivity contribution in [3.63, 3.8) is 0 Å². The molecule has 3 N–H and O–H groups in total. The lowest BCUT2D eigenvalue weighted by atomic mass is 9.82. The van der Waals surface area contributed by atoms with Gasteiger partial charge in [0.05, 0.1) is 35.3 Å². The van der Waals surface area contributed by atoms with E-state index in [9.17, 15) is 4.79 Å². The third kappa shape index (κ3) is 2.89. The Bertz CT molecular complexity index is 1010. The number of imidazole rings is 1. The van der Waals surface area contributed by atoms with Crippen LogP contribution in [0, 0.1) is 0 Å². The van der Waals surface area contributed by atoms with Gasteiger partial charge in [-0.3, -0.25) is 4.79 Å². The fourth-order valence-electron chi connectivity index (χ4n) is 4.16. The number of carbonyl (C=O) groups is 1. The smallest absolute Gasteiger partial charge is 0.271 e. The van der Waals surface area contributed by atoms with Gasteiger partial charge in [0, 0.05) is 24.4 Å². The first-order chi connectivity index (χ1) is 13.6. The van der Waals surface area contributed by atoms with E-state index in [1.54, 1.807) is 23.6 Å². The van der Waals surface area contributed by atoms with Crippen LogP contribution >= 0.6 is 11.3 Å². The molecule has 5 rings (SSSR count). The highest BCUT2D eigenvalue weighted by Gasteiger charge is 2.43. The molecule has 0 saturated carbocycles. The van der Waals surface area contributed by atoms with Crippen LogP contribution in [-0.4, -0.2) is 45.5 Å². The summed E-state index contributed by atoms with van der Waals surface area (Å²) in [5, 5.41) is 0. The zero-order chi connectivity index (χ0) is 19.1. The minimum absolute atomic E-state index is 0.00153. The molecular weight excluding hydrogens is 374 g/mol. The number of aromatic nitrogens is 3. The molecule has 5 heterocycles. The maximum Gasteiger partial charge on any atom is 0.271 e. The number of pyridine rings is 1. The number of nitrogens with two attached hydrogens (primary N) is 1. The van der Waals surface area contributed by atoms with Crippen molar-refractivity contribution < 1.29 is 9.53 Å². The SMILES string of the molecule is Nc1cccc(-c2cc3c(s2)CCOC32CCN(C(=O)c3cnc[nH]3)CC2)n1. The monoisotopic (exact) mass is 395 g/mol. The van der Waals surface area contributed by atoms with Crippen LogP contribution in [0.5, 0.6) is 0 Å². The number of amides is 1. The molecule has 144 valence electrons. The first-order valence-electron chi connectivity index (χ1n) is 9.42. The molecule has 28 heavy (non-hydrogen) atoms. The van der Waals surface area contributed by atoms with Crippen LogP contribution in [0.2, 0.25) is 0 Å². The van der Waals surface area contributed by atoms with Crippen molar-refractivity contribution in [2.24, 2.45) is 0 Å². The number of piperidine rings is 1. The average molecular weight is 395 g/mol. The van der Waals surface area contributed by atoms with Gasteiger partial charge in [-0.2, -0.15) is 0 Å². The first kappa shape index (κ1) is 17.4. The van der Waals surface area contributed by atoms with Crippen molar-refractivity contribution in [2.45, 2.75) is 24.9 Å². The second-order valence-corrected chi connectivity index (χ2v) is 8.38. The lowest BCUT2D eigenvalue weighted by molar-refractivity contribution is -0.0926. The van der Waals surface area contributed by atoms with E-state index in [0.717, 1.165) is 29.8 Å². The van der Waals surface area contributed by atoms with Crippen molar-refractivity contribution in [1.82, 2.24) is 19.9 Å². The number of fused-ring (bicyclic) bond motifs is 2. The van der Waals surface area contributed by atoms with E-state index in [1.165, 1.54) is 16.8 Å². The quantitative estimate of drug-likeness (QED) is 0.695. The molecule has 1 fully saturated rings. The molecule has 2 aliphatic heterocycles. The molecule has 0 unspecified atom stereocenters. The average Bonchev–Trinajstić information content (AvgIpc) is 3.39. The van der Waals surface area contributed by atoms with Gasteiger partial charge in [0.2, 0.25) is 0 Å². The van der Waals surface area contributed by atoms with Crippen molar-refractivity contribution in [3.8, 4) is 10.6 Å². The van der Waals surface area contributed by atoms with Crippen molar-refractivity contribution in [3.05, 3.63) is 52.9 Å². The second kappa shape index (κ2) is 6.72. The number of thiophene rings is 1. The van der Waals surface area contributed by atoms with Gasteiger partial charge in [0.1, 0.15) is 11.5 Å². The summed E-state index contributed by atoms with van der Waals surface area (Å²) in [6.45, 7) is 2.05. The lowest BCUT2D eigenvalue weighted by Crippen LogP contribution is -2.48. The Labute approximate surface area is 166 Å². The topological polar surface area (TPSA) is 97.1 Å². The minimum Gasteiger partial charge on any atom is -0.384 e. The van der Waals surface area contributed by atoms with E-state index in [0.29, 0.717) is 31.2 Å². The largest absolute Gasteiger partial charge is 0.384 e. The molecule has 1 spiro atoms. The number of H-pyrrole nitrogens is 1. The van der Waals surface area contributed by atoms with Crippen molar-refractivity contribution in [2.75, 3.05) is 25.4 Å². The lowest BCUT2D eigenvalue weighted by Gasteiger charge is -2.44. The van der Waals surface area contributed by atoms with E-state index >= 15 is 0 Å². The summed E-state index contributed by atoms with van der Waals surface area (Å²) in [5.41, 5.74) is 8.25. The Kier molecular flexibility index (Phi) is 4.17. The molecule has 8 heteroatoms. The molecule has 7 nitrogen and oxygen atoms in total. The summed E-state index contributed by atoms with van der Waals surface area (Å²) in [7, 11) is 0. The van der Waals surface area contributed by atoms with E-state index in [1.807, 2.05) is 17.0 Å². The fraction of sp³-hybridized carbons (Fsp3) is 0.350. The highest BCUT2D eigenvalue weighted by Crippen LogP contribution is 2.46. The summed E-state index contributed by atoms with van der Waals surface area (Å²) in [5.74, 6) is 0.527. The van der Waals surface area contributed by atoms with Gasteiger partial charge in [-0.05, 0) is 36.6 Å². The Morgan fingerprint density at radius 3 is 2.93 bits per heavy atom. The number of hydrogen-bond donors (Lipinski definition) is 2. The molecule has 0 atom stereocenters. The van der Waals surface area contributed by atoms with Gasteiger partial charge in [-0.1, -0.05) is 6.07 Å². The highest BCUT2D eigenvalue weighted by atomic mass is 32.1. The summed E-state index contributed by atoms with van der Waals surface area (Å²) in [6, 6.07) is 7.94. The normalized spacial score (nSPS) is 18.2. The number of nitrogens with zero attached hydrogens (tertiary/aromatic N) is 3. The number of nitrogen functional groups attached to an aromatic ring is 1. The van der Waals surface area contributed by atoms with Gasteiger partial charge >= 0.3 is 0 Å². The molecule has 3 aromatic rings. The number of hydrogen-bond acceptors (Lipinski definition) is 6. The summed E-state index contributed by atoms with van der Waals surface area (Å²) in [4.78, 5) is 28.3.